The number of carbonyl (C=O) groups is 1. The lowest BCUT2D eigenvalue weighted by Gasteiger charge is -2.17. The Morgan fingerprint density at radius 3 is 2.46 bits per heavy atom. The third-order valence-corrected chi connectivity index (χ3v) is 5.48. The predicted octanol–water partition coefficient (Wildman–Crippen LogP) is 5.24. The molecule has 0 aliphatic carbocycles. The number of carbonyl (C=O) groups excluding carboxylic acids is 1. The molecule has 0 saturated heterocycles. The van der Waals surface area contributed by atoms with E-state index in [1.807, 2.05) is 12.1 Å². The number of halogens is 3. The van der Waals surface area contributed by atoms with Crippen molar-refractivity contribution in [3.05, 3.63) is 67.0 Å². The van der Waals surface area contributed by atoms with Gasteiger partial charge in [0.25, 0.3) is 0 Å². The van der Waals surface area contributed by atoms with Crippen LogP contribution in [-0.4, -0.2) is 39.9 Å². The lowest BCUT2D eigenvalue weighted by Crippen LogP contribution is -2.20. The first-order valence-electron chi connectivity index (χ1n) is 10.3. The van der Waals surface area contributed by atoms with Crippen LogP contribution in [0.2, 0.25) is 0 Å². The van der Waals surface area contributed by atoms with E-state index in [1.165, 1.54) is 18.2 Å². The van der Waals surface area contributed by atoms with E-state index >= 15 is 0 Å². The first kappa shape index (κ1) is 25.9. The van der Waals surface area contributed by atoms with Gasteiger partial charge in [0.05, 0.1) is 18.6 Å². The Bertz CT molecular complexity index is 1170. The first-order chi connectivity index (χ1) is 16.7. The van der Waals surface area contributed by atoms with Crippen molar-refractivity contribution in [1.29, 1.82) is 0 Å². The quantitative estimate of drug-likeness (QED) is 0.280. The van der Waals surface area contributed by atoms with Crippen LogP contribution >= 0.6 is 11.8 Å². The molecule has 2 aromatic carbocycles. The van der Waals surface area contributed by atoms with Gasteiger partial charge < -0.3 is 19.5 Å². The van der Waals surface area contributed by atoms with E-state index in [-0.39, 0.29) is 11.4 Å². The highest BCUT2D eigenvalue weighted by Crippen LogP contribution is 2.32. The van der Waals surface area contributed by atoms with Crippen molar-refractivity contribution < 1.29 is 32.2 Å². The van der Waals surface area contributed by atoms with Crippen molar-refractivity contribution in [1.82, 2.24) is 14.8 Å². The Kier molecular flexibility index (Phi) is 8.63. The summed E-state index contributed by atoms with van der Waals surface area (Å²) in [6.45, 7) is 5.90. The molecule has 0 saturated carbocycles. The molecule has 1 amide bonds. The number of hydrogen-bond acceptors (Lipinski definition) is 7. The number of nitrogens with one attached hydrogen (secondary N) is 1. The summed E-state index contributed by atoms with van der Waals surface area (Å²) in [6, 6.07) is 12.5. The predicted molar refractivity (Wildman–Crippen MR) is 125 cm³/mol. The average Bonchev–Trinajstić information content (AvgIpc) is 3.21. The van der Waals surface area contributed by atoms with Gasteiger partial charge in [0.2, 0.25) is 5.91 Å². The molecule has 3 rings (SSSR count). The van der Waals surface area contributed by atoms with Gasteiger partial charge in [0, 0.05) is 6.54 Å². The summed E-state index contributed by atoms with van der Waals surface area (Å²) >= 11 is 1.07. The molecule has 1 heterocycles. The number of allylic oxidation sites excluding steroid dienone is 1. The number of rotatable bonds is 11. The molecule has 35 heavy (non-hydrogen) atoms. The maximum Gasteiger partial charge on any atom is 0.573 e. The summed E-state index contributed by atoms with van der Waals surface area (Å²) in [7, 11) is 1.54. The summed E-state index contributed by atoms with van der Waals surface area (Å²) in [5.74, 6) is 0.429. The molecule has 0 aliphatic rings. The summed E-state index contributed by atoms with van der Waals surface area (Å²) in [6.07, 6.45) is -3.74. The molecule has 1 unspecified atom stereocenters. The first-order valence-corrected chi connectivity index (χ1v) is 11.3. The Hall–Kier alpha value is -3.67. The molecule has 186 valence electrons. The van der Waals surface area contributed by atoms with Crippen molar-refractivity contribution in [2.45, 2.75) is 31.1 Å². The number of ether oxygens (including phenoxy) is 3. The van der Waals surface area contributed by atoms with E-state index in [9.17, 15) is 18.0 Å². The van der Waals surface area contributed by atoms with E-state index in [0.29, 0.717) is 29.0 Å². The van der Waals surface area contributed by atoms with Crippen LogP contribution in [0.1, 0.15) is 18.9 Å². The summed E-state index contributed by atoms with van der Waals surface area (Å²) in [4.78, 5) is 12.4. The van der Waals surface area contributed by atoms with Crippen molar-refractivity contribution in [2.24, 2.45) is 0 Å². The van der Waals surface area contributed by atoms with E-state index in [4.69, 9.17) is 9.47 Å². The maximum atomic E-state index is 12.6. The van der Waals surface area contributed by atoms with Crippen LogP contribution in [0.25, 0.3) is 0 Å². The molecular formula is C23H23F3N4O4S. The number of amides is 1. The van der Waals surface area contributed by atoms with Crippen LogP contribution in [0.5, 0.6) is 17.2 Å². The van der Waals surface area contributed by atoms with Gasteiger partial charge in [-0.25, -0.2) is 0 Å². The average molecular weight is 509 g/mol. The monoisotopic (exact) mass is 508 g/mol. The van der Waals surface area contributed by atoms with Crippen LogP contribution in [0.15, 0.2) is 66.3 Å². The second-order valence-electron chi connectivity index (χ2n) is 7.03. The second kappa shape index (κ2) is 11.6. The molecule has 8 nitrogen and oxygen atoms in total. The zero-order valence-electron chi connectivity index (χ0n) is 18.9. The molecule has 0 fully saturated rings. The van der Waals surface area contributed by atoms with E-state index in [2.05, 4.69) is 26.8 Å². The molecule has 1 atom stereocenters. The summed E-state index contributed by atoms with van der Waals surface area (Å²) in [5, 5.41) is 11.2. The highest BCUT2D eigenvalue weighted by Gasteiger charge is 2.32. The number of anilines is 1. The van der Waals surface area contributed by atoms with Crippen LogP contribution in [0, 0.1) is 0 Å². The molecule has 3 aromatic rings. The van der Waals surface area contributed by atoms with Gasteiger partial charge in [-0.05, 0) is 31.2 Å². The topological polar surface area (TPSA) is 87.5 Å². The van der Waals surface area contributed by atoms with Gasteiger partial charge in [-0.1, -0.05) is 42.1 Å². The number of aromatic nitrogens is 3. The van der Waals surface area contributed by atoms with Gasteiger partial charge in [0.1, 0.15) is 0 Å². The number of hydrogen-bond donors (Lipinski definition) is 1. The molecule has 0 radical (unpaired) electrons. The van der Waals surface area contributed by atoms with Gasteiger partial charge in [-0.2, -0.15) is 0 Å². The zero-order chi connectivity index (χ0) is 25.4. The number of benzene rings is 2. The second-order valence-corrected chi connectivity index (χ2v) is 7.97. The molecule has 0 spiro atoms. The Labute approximate surface area is 204 Å². The van der Waals surface area contributed by atoms with E-state index in [1.54, 1.807) is 36.8 Å². The minimum absolute atomic E-state index is 0.0949. The van der Waals surface area contributed by atoms with Crippen LogP contribution in [0.3, 0.4) is 0 Å². The molecule has 0 aliphatic heterocycles. The van der Waals surface area contributed by atoms with Gasteiger partial charge in [0.15, 0.2) is 34.3 Å². The Morgan fingerprint density at radius 2 is 1.80 bits per heavy atom. The fraction of sp³-hybridized carbons (Fsp3) is 0.261. The largest absolute Gasteiger partial charge is 0.573 e. The number of para-hydroxylation sites is 4. The fourth-order valence-electron chi connectivity index (χ4n) is 3.07. The highest BCUT2D eigenvalue weighted by atomic mass is 32.2. The Balaban J connectivity index is 1.69. The van der Waals surface area contributed by atoms with Gasteiger partial charge in [-0.3, -0.25) is 9.36 Å². The smallest absolute Gasteiger partial charge is 0.493 e. The number of thioether (sulfide) groups is 1. The van der Waals surface area contributed by atoms with E-state index < -0.39 is 24.1 Å². The lowest BCUT2D eigenvalue weighted by atomic mass is 10.3. The highest BCUT2D eigenvalue weighted by molar-refractivity contribution is 7.99. The maximum absolute atomic E-state index is 12.6. The third-order valence-electron chi connectivity index (χ3n) is 4.51. The molecule has 1 aromatic heterocycles. The third kappa shape index (κ3) is 7.15. The van der Waals surface area contributed by atoms with Crippen LogP contribution in [0.4, 0.5) is 18.9 Å². The molecule has 0 bridgehead atoms. The number of methoxy groups -OCH3 is 1. The van der Waals surface area contributed by atoms with Gasteiger partial charge in [-0.15, -0.1) is 29.9 Å². The summed E-state index contributed by atoms with van der Waals surface area (Å²) in [5.41, 5.74) is -0.0949. The fourth-order valence-corrected chi connectivity index (χ4v) is 3.82. The minimum Gasteiger partial charge on any atom is -0.493 e. The number of alkyl halides is 3. The van der Waals surface area contributed by atoms with Crippen molar-refractivity contribution in [3.8, 4) is 17.2 Å². The van der Waals surface area contributed by atoms with E-state index in [0.717, 1.165) is 17.8 Å². The number of nitrogens with zero attached hydrogens (tertiary/aromatic N) is 3. The summed E-state index contributed by atoms with van der Waals surface area (Å²) < 4.78 is 54.8. The molecule has 12 heteroatoms. The Morgan fingerprint density at radius 1 is 1.14 bits per heavy atom. The standard InChI is InChI=1S/C23H23F3N4O4S/c1-4-13-30-21(15(2)33-19-12-8-7-11-18(19)32-3)28-29-22(30)35-14-20(31)27-16-9-5-6-10-17(16)34-23(24,25)26/h4-12,15H,1,13-14H2,2-3H3,(H,27,31). The normalized spacial score (nSPS) is 12.0. The van der Waals surface area contributed by atoms with Crippen molar-refractivity contribution in [3.63, 3.8) is 0 Å². The van der Waals surface area contributed by atoms with Crippen molar-refractivity contribution in [2.75, 3.05) is 18.2 Å². The van der Waals surface area contributed by atoms with Crippen LogP contribution in [-0.2, 0) is 11.3 Å². The van der Waals surface area contributed by atoms with Crippen LogP contribution < -0.4 is 19.5 Å². The minimum atomic E-state index is -4.88. The van der Waals surface area contributed by atoms with Gasteiger partial charge >= 0.3 is 6.36 Å². The zero-order valence-corrected chi connectivity index (χ0v) is 19.7. The molecular weight excluding hydrogens is 485 g/mol. The lowest BCUT2D eigenvalue weighted by molar-refractivity contribution is -0.274. The SMILES string of the molecule is C=CCn1c(SCC(=O)Nc2ccccc2OC(F)(F)F)nnc1C(C)Oc1ccccc1OC. The van der Waals surface area contributed by atoms with Crippen molar-refractivity contribution >= 4 is 23.4 Å². The molecule has 1 N–H and O–H groups in total.